The molecule has 0 heterocycles. The number of carbonyl (C=O) groups is 1. The Labute approximate surface area is 185 Å². The van der Waals surface area contributed by atoms with Gasteiger partial charge in [0.15, 0.2) is 5.60 Å². The van der Waals surface area contributed by atoms with Crippen LogP contribution in [0.1, 0.15) is 64.7 Å². The van der Waals surface area contributed by atoms with Crippen molar-refractivity contribution in [1.29, 1.82) is 0 Å². The Morgan fingerprint density at radius 2 is 1.71 bits per heavy atom. The summed E-state index contributed by atoms with van der Waals surface area (Å²) in [7, 11) is -3.99. The number of alkyl halides is 3. The van der Waals surface area contributed by atoms with E-state index in [9.17, 15) is 31.5 Å². The fourth-order valence-corrected chi connectivity index (χ4v) is 9.16. The van der Waals surface area contributed by atoms with E-state index in [2.05, 4.69) is 6.92 Å². The molecule has 0 amide bonds. The minimum absolute atomic E-state index is 0.101. The summed E-state index contributed by atoms with van der Waals surface area (Å²) in [6.45, 7) is 2.12. The molecule has 4 rings (SSSR count). The first-order valence-corrected chi connectivity index (χ1v) is 14.1. The Morgan fingerprint density at radius 1 is 1.03 bits per heavy atom. The van der Waals surface area contributed by atoms with Crippen LogP contribution in [-0.2, 0) is 13.9 Å². The summed E-state index contributed by atoms with van der Waals surface area (Å²) in [5, 5.41) is 10.2. The van der Waals surface area contributed by atoms with Crippen LogP contribution in [0.4, 0.5) is 13.2 Å². The zero-order valence-corrected chi connectivity index (χ0v) is 19.2. The SMILES string of the molecule is C[C@]12CCC3C(CC[C@@H]4C[C@@](O)(C(F)(F)F)CC[C@H]34)C1CC[C@@H]2C(=O)CSS(=O)(=O)O. The van der Waals surface area contributed by atoms with Crippen LogP contribution in [0.3, 0.4) is 0 Å². The van der Waals surface area contributed by atoms with Gasteiger partial charge in [-0.3, -0.25) is 9.35 Å². The maximum Gasteiger partial charge on any atom is 0.417 e. The van der Waals surface area contributed by atoms with E-state index >= 15 is 0 Å². The largest absolute Gasteiger partial charge is 0.417 e. The van der Waals surface area contributed by atoms with Crippen molar-refractivity contribution in [3.63, 3.8) is 0 Å². The predicted octanol–water partition coefficient (Wildman–Crippen LogP) is 4.65. The highest BCUT2D eigenvalue weighted by Crippen LogP contribution is 2.65. The summed E-state index contributed by atoms with van der Waals surface area (Å²) in [5.74, 6) is 0.534. The molecule has 0 aromatic carbocycles. The van der Waals surface area contributed by atoms with Crippen molar-refractivity contribution in [3.8, 4) is 0 Å². The first-order valence-electron chi connectivity index (χ1n) is 11.2. The normalized spacial score (nSPS) is 45.5. The third-order valence-electron chi connectivity index (χ3n) is 9.28. The van der Waals surface area contributed by atoms with Crippen molar-refractivity contribution in [2.45, 2.75) is 76.5 Å². The maximum atomic E-state index is 13.4. The molecule has 4 aliphatic carbocycles. The van der Waals surface area contributed by atoms with Crippen molar-refractivity contribution in [2.75, 3.05) is 5.75 Å². The lowest BCUT2D eigenvalue weighted by Crippen LogP contribution is -2.55. The van der Waals surface area contributed by atoms with E-state index in [-0.39, 0.29) is 58.3 Å². The van der Waals surface area contributed by atoms with Crippen LogP contribution in [0.15, 0.2) is 0 Å². The second-order valence-electron chi connectivity index (χ2n) is 10.5. The molecule has 0 aromatic rings. The molecule has 0 radical (unpaired) electrons. The molecule has 0 bridgehead atoms. The molecular formula is C21H31F3O5S2. The van der Waals surface area contributed by atoms with Crippen LogP contribution < -0.4 is 0 Å². The molecule has 0 saturated heterocycles. The van der Waals surface area contributed by atoms with E-state index in [0.29, 0.717) is 37.0 Å². The molecule has 178 valence electrons. The molecule has 0 aromatic heterocycles. The van der Waals surface area contributed by atoms with Crippen LogP contribution in [0.25, 0.3) is 0 Å². The second kappa shape index (κ2) is 7.87. The fourth-order valence-electron chi connectivity index (χ4n) is 7.90. The zero-order valence-electron chi connectivity index (χ0n) is 17.6. The van der Waals surface area contributed by atoms with Gasteiger partial charge < -0.3 is 5.11 Å². The van der Waals surface area contributed by atoms with Crippen molar-refractivity contribution in [3.05, 3.63) is 0 Å². The average Bonchev–Trinajstić information content (AvgIpc) is 3.01. The van der Waals surface area contributed by atoms with Crippen molar-refractivity contribution >= 4 is 25.7 Å². The molecule has 0 aliphatic heterocycles. The van der Waals surface area contributed by atoms with Crippen LogP contribution in [0.5, 0.6) is 0 Å². The number of fused-ring (bicyclic) bond motifs is 5. The van der Waals surface area contributed by atoms with Gasteiger partial charge in [-0.05, 0) is 92.8 Å². The van der Waals surface area contributed by atoms with Gasteiger partial charge in [0.2, 0.25) is 0 Å². The third-order valence-corrected chi connectivity index (χ3v) is 11.2. The summed E-state index contributed by atoms with van der Waals surface area (Å²) in [6.07, 6.45) is 0.201. The number of aliphatic hydroxyl groups is 1. The molecule has 0 spiro atoms. The van der Waals surface area contributed by atoms with Crippen LogP contribution in [0, 0.1) is 40.9 Å². The molecule has 10 heteroatoms. The average molecular weight is 485 g/mol. The van der Waals surface area contributed by atoms with Gasteiger partial charge in [0, 0.05) is 16.7 Å². The standard InChI is InChI=1S/C21H31F3O5S2/c1-19-8-6-14-13-7-9-20(26,21(22,23)24)10-12(13)2-3-15(14)16(19)4-5-17(19)18(25)11-30-31(27,28)29/h12-17,26H,2-11H2,1H3,(H,27,28,29)/t12-,13+,14?,15?,16?,17-,19+,20-/m1/s1. The fraction of sp³-hybridized carbons (Fsp3) is 0.952. The molecule has 31 heavy (non-hydrogen) atoms. The molecular weight excluding hydrogens is 453 g/mol. The van der Waals surface area contributed by atoms with E-state index in [0.717, 1.165) is 25.7 Å². The monoisotopic (exact) mass is 484 g/mol. The van der Waals surface area contributed by atoms with E-state index in [1.54, 1.807) is 0 Å². The lowest BCUT2D eigenvalue weighted by Gasteiger charge is -2.57. The van der Waals surface area contributed by atoms with Crippen molar-refractivity contribution < 1.29 is 36.0 Å². The number of hydrogen-bond donors (Lipinski definition) is 2. The van der Waals surface area contributed by atoms with Gasteiger partial charge >= 0.3 is 15.3 Å². The summed E-state index contributed by atoms with van der Waals surface area (Å²) in [4.78, 5) is 12.8. The van der Waals surface area contributed by atoms with Gasteiger partial charge in [-0.2, -0.15) is 21.6 Å². The Bertz CT molecular complexity index is 831. The molecule has 4 saturated carbocycles. The highest BCUT2D eigenvalue weighted by Gasteiger charge is 2.62. The Balaban J connectivity index is 1.46. The van der Waals surface area contributed by atoms with E-state index in [1.165, 1.54) is 0 Å². The van der Waals surface area contributed by atoms with Gasteiger partial charge in [-0.1, -0.05) is 6.92 Å². The van der Waals surface area contributed by atoms with E-state index in [1.807, 2.05) is 0 Å². The van der Waals surface area contributed by atoms with Gasteiger partial charge in [0.05, 0.1) is 5.75 Å². The highest BCUT2D eigenvalue weighted by molar-refractivity contribution is 8.70. The lowest BCUT2D eigenvalue weighted by molar-refractivity contribution is -0.282. The Hall–Kier alpha value is -0.320. The summed E-state index contributed by atoms with van der Waals surface area (Å²) in [6, 6.07) is 0. The predicted molar refractivity (Wildman–Crippen MR) is 111 cm³/mol. The maximum absolute atomic E-state index is 13.4. The topological polar surface area (TPSA) is 91.7 Å². The number of rotatable bonds is 4. The third kappa shape index (κ3) is 4.19. The smallest absolute Gasteiger partial charge is 0.380 e. The minimum Gasteiger partial charge on any atom is -0.380 e. The molecule has 3 unspecified atom stereocenters. The second-order valence-corrected chi connectivity index (χ2v) is 13.9. The summed E-state index contributed by atoms with van der Waals surface area (Å²) < 4.78 is 71.1. The van der Waals surface area contributed by atoms with Gasteiger partial charge in [0.1, 0.15) is 5.78 Å². The number of halogens is 3. The zero-order chi connectivity index (χ0) is 22.8. The number of hydrogen-bond acceptors (Lipinski definition) is 5. The molecule has 5 nitrogen and oxygen atoms in total. The first-order chi connectivity index (χ1) is 14.3. The lowest BCUT2D eigenvalue weighted by atomic mass is 9.49. The van der Waals surface area contributed by atoms with E-state index < -0.39 is 20.9 Å². The highest BCUT2D eigenvalue weighted by atomic mass is 33.1. The van der Waals surface area contributed by atoms with Gasteiger partial charge in [0.25, 0.3) is 0 Å². The molecule has 4 fully saturated rings. The number of ketones is 1. The van der Waals surface area contributed by atoms with Crippen molar-refractivity contribution in [1.82, 2.24) is 0 Å². The Morgan fingerprint density at radius 3 is 2.35 bits per heavy atom. The van der Waals surface area contributed by atoms with Crippen LogP contribution >= 0.6 is 10.8 Å². The first kappa shape index (κ1) is 23.8. The molecule has 4 aliphatic rings. The Kier molecular flexibility index (Phi) is 6.05. The van der Waals surface area contributed by atoms with Gasteiger partial charge in [-0.15, -0.1) is 0 Å². The minimum atomic E-state index is -4.58. The summed E-state index contributed by atoms with van der Waals surface area (Å²) >= 11 is 0. The quantitative estimate of drug-likeness (QED) is 0.446. The van der Waals surface area contributed by atoms with Crippen LogP contribution in [-0.4, -0.2) is 41.4 Å². The van der Waals surface area contributed by atoms with Crippen LogP contribution in [0.2, 0.25) is 0 Å². The number of carbonyl (C=O) groups excluding carboxylic acids is 1. The summed E-state index contributed by atoms with van der Waals surface area (Å²) in [5.41, 5.74) is -2.77. The molecule has 8 atom stereocenters. The van der Waals surface area contributed by atoms with E-state index in [4.69, 9.17) is 4.55 Å². The molecule has 2 N–H and O–H groups in total. The van der Waals surface area contributed by atoms with Crippen molar-refractivity contribution in [2.24, 2.45) is 40.9 Å². The number of Topliss-reactive ketones (excluding diaryl/α,β-unsaturated/α-hetero) is 1. The van der Waals surface area contributed by atoms with Gasteiger partial charge in [-0.25, -0.2) is 0 Å².